The van der Waals surface area contributed by atoms with Gasteiger partial charge in [0, 0.05) is 33.0 Å². The molecule has 0 saturated heterocycles. The van der Waals surface area contributed by atoms with Crippen molar-refractivity contribution in [3.63, 3.8) is 0 Å². The number of hydrogen-bond donors (Lipinski definition) is 0. The first-order chi connectivity index (χ1) is 23.0. The van der Waals surface area contributed by atoms with Gasteiger partial charge in [-0.25, -0.2) is 9.80 Å². The Morgan fingerprint density at radius 1 is 0.354 bits per heavy atom. The van der Waals surface area contributed by atoms with Crippen molar-refractivity contribution in [1.29, 1.82) is 0 Å². The van der Waals surface area contributed by atoms with Crippen LogP contribution in [0.25, 0.3) is 43.1 Å². The Labute approximate surface area is 276 Å². The Morgan fingerprint density at radius 3 is 0.854 bits per heavy atom. The van der Waals surface area contributed by atoms with Crippen LogP contribution in [-0.4, -0.2) is 23.6 Å². The molecule has 2 aliphatic rings. The third kappa shape index (κ3) is 3.41. The smallest absolute Gasteiger partial charge is 0.266 e. The Bertz CT molecular complexity index is 2370. The standard InChI is InChI=1S/C42H30N2O4/c1-19-15-21(3)37(22(4)16-19)43-39(45)29-11-7-25-27-9-13-31-36-32(42(48)44(41(31)47)38-23(5)17-20(2)18-24(38)6)14-10-28(34(27)36)26-8-12-30(40(43)46)35(29)33(25)26/h7-18H,1-6H3. The minimum atomic E-state index is -0.347. The van der Waals surface area contributed by atoms with Gasteiger partial charge in [0.15, 0.2) is 0 Å². The number of imide groups is 2. The van der Waals surface area contributed by atoms with Gasteiger partial charge in [0.05, 0.1) is 11.4 Å². The summed E-state index contributed by atoms with van der Waals surface area (Å²) in [5.74, 6) is -1.39. The van der Waals surface area contributed by atoms with Crippen LogP contribution in [0.4, 0.5) is 11.4 Å². The molecular weight excluding hydrogens is 596 g/mol. The Hall–Kier alpha value is -5.88. The Morgan fingerprint density at radius 2 is 0.604 bits per heavy atom. The van der Waals surface area contributed by atoms with E-state index < -0.39 is 0 Å². The summed E-state index contributed by atoms with van der Waals surface area (Å²) in [5.41, 5.74) is 8.76. The molecule has 6 nitrogen and oxygen atoms in total. The van der Waals surface area contributed by atoms with E-state index in [9.17, 15) is 19.2 Å². The zero-order chi connectivity index (χ0) is 33.5. The van der Waals surface area contributed by atoms with Crippen molar-refractivity contribution >= 4 is 78.1 Å². The van der Waals surface area contributed by atoms with E-state index in [4.69, 9.17) is 0 Å². The van der Waals surface area contributed by atoms with Crippen LogP contribution in [0.3, 0.4) is 0 Å². The molecule has 6 heteroatoms. The normalized spacial score (nSPS) is 14.5. The van der Waals surface area contributed by atoms with Crippen LogP contribution in [0.15, 0.2) is 72.8 Å². The van der Waals surface area contributed by atoms with Crippen molar-refractivity contribution in [2.24, 2.45) is 0 Å². The SMILES string of the molecule is Cc1cc(C)c(N2C(=O)c3ccc4c5ccc6c7c(ccc(c8ccc(c3c48)C2=O)c75)C(=O)N(c2c(C)cc(C)cc2C)C6=O)c(C)c1. The molecule has 4 amide bonds. The van der Waals surface area contributed by atoms with E-state index in [2.05, 4.69) is 0 Å². The van der Waals surface area contributed by atoms with Gasteiger partial charge in [0.25, 0.3) is 23.6 Å². The molecule has 9 rings (SSSR count). The molecule has 0 bridgehead atoms. The lowest BCUT2D eigenvalue weighted by Crippen LogP contribution is -2.41. The van der Waals surface area contributed by atoms with Crippen LogP contribution in [-0.2, 0) is 0 Å². The molecule has 2 aliphatic heterocycles. The molecule has 2 heterocycles. The highest BCUT2D eigenvalue weighted by molar-refractivity contribution is 6.45. The Kier molecular flexibility index (Phi) is 5.52. The lowest BCUT2D eigenvalue weighted by atomic mass is 9.82. The number of amides is 4. The third-order valence-corrected chi connectivity index (χ3v) is 10.4. The molecule has 0 radical (unpaired) electrons. The van der Waals surface area contributed by atoms with Gasteiger partial charge in [0.2, 0.25) is 0 Å². The van der Waals surface area contributed by atoms with Gasteiger partial charge in [-0.3, -0.25) is 19.2 Å². The van der Waals surface area contributed by atoms with Gasteiger partial charge in [-0.15, -0.1) is 0 Å². The number of fused-ring (bicyclic) bond motifs is 2. The van der Waals surface area contributed by atoms with E-state index in [1.807, 2.05) is 114 Å². The predicted molar refractivity (Wildman–Crippen MR) is 191 cm³/mol. The average molecular weight is 627 g/mol. The summed E-state index contributed by atoms with van der Waals surface area (Å²) in [4.78, 5) is 59.5. The maximum Gasteiger partial charge on any atom is 0.266 e. The van der Waals surface area contributed by atoms with E-state index in [1.54, 1.807) is 0 Å². The summed E-state index contributed by atoms with van der Waals surface area (Å²) < 4.78 is 0. The summed E-state index contributed by atoms with van der Waals surface area (Å²) in [6.45, 7) is 11.7. The maximum atomic E-state index is 14.2. The molecule has 7 aromatic carbocycles. The first-order valence-electron chi connectivity index (χ1n) is 16.1. The fraction of sp³-hybridized carbons (Fsp3) is 0.143. The second-order valence-electron chi connectivity index (χ2n) is 13.5. The molecule has 0 unspecified atom stereocenters. The minimum absolute atomic E-state index is 0.347. The number of hydrogen-bond acceptors (Lipinski definition) is 4. The van der Waals surface area contributed by atoms with Crippen molar-refractivity contribution in [1.82, 2.24) is 0 Å². The summed E-state index contributed by atoms with van der Waals surface area (Å²) in [7, 11) is 0. The van der Waals surface area contributed by atoms with Crippen LogP contribution >= 0.6 is 0 Å². The van der Waals surface area contributed by atoms with Crippen LogP contribution < -0.4 is 9.80 Å². The van der Waals surface area contributed by atoms with Gasteiger partial charge >= 0.3 is 0 Å². The molecule has 0 atom stereocenters. The number of nitrogens with zero attached hydrogens (tertiary/aromatic N) is 2. The van der Waals surface area contributed by atoms with Crippen molar-refractivity contribution in [3.05, 3.63) is 128 Å². The maximum absolute atomic E-state index is 14.2. The van der Waals surface area contributed by atoms with E-state index in [0.717, 1.165) is 65.7 Å². The lowest BCUT2D eigenvalue weighted by molar-refractivity contribution is 0.0877. The summed E-state index contributed by atoms with van der Waals surface area (Å²) >= 11 is 0. The van der Waals surface area contributed by atoms with Gasteiger partial charge in [-0.1, -0.05) is 59.7 Å². The van der Waals surface area contributed by atoms with Crippen molar-refractivity contribution in [2.75, 3.05) is 9.80 Å². The third-order valence-electron chi connectivity index (χ3n) is 10.4. The second kappa shape index (κ2) is 9.35. The molecule has 0 fully saturated rings. The lowest BCUT2D eigenvalue weighted by Gasteiger charge is -2.32. The van der Waals surface area contributed by atoms with Crippen molar-refractivity contribution in [3.8, 4) is 0 Å². The van der Waals surface area contributed by atoms with Crippen LogP contribution in [0.5, 0.6) is 0 Å². The molecule has 0 N–H and O–H groups in total. The van der Waals surface area contributed by atoms with Gasteiger partial charge in [0.1, 0.15) is 0 Å². The zero-order valence-electron chi connectivity index (χ0n) is 27.5. The quantitative estimate of drug-likeness (QED) is 0.109. The molecule has 0 aromatic heterocycles. The zero-order valence-corrected chi connectivity index (χ0v) is 27.5. The molecule has 0 saturated carbocycles. The van der Waals surface area contributed by atoms with Crippen LogP contribution in [0.1, 0.15) is 74.8 Å². The highest BCUT2D eigenvalue weighted by Gasteiger charge is 2.39. The van der Waals surface area contributed by atoms with Gasteiger partial charge in [-0.05, 0) is 120 Å². The number of rotatable bonds is 2. The van der Waals surface area contributed by atoms with E-state index >= 15 is 0 Å². The second-order valence-corrected chi connectivity index (χ2v) is 13.5. The highest BCUT2D eigenvalue weighted by Crippen LogP contribution is 2.47. The highest BCUT2D eigenvalue weighted by atomic mass is 16.2. The number of aryl methyl sites for hydroxylation is 6. The minimum Gasteiger partial charge on any atom is -0.268 e. The first kappa shape index (κ1) is 28.4. The number of carbonyl (C=O) groups is 4. The molecule has 7 aromatic rings. The van der Waals surface area contributed by atoms with Gasteiger partial charge < -0.3 is 0 Å². The van der Waals surface area contributed by atoms with Crippen molar-refractivity contribution in [2.45, 2.75) is 41.5 Å². The molecule has 232 valence electrons. The average Bonchev–Trinajstić information content (AvgIpc) is 3.03. The monoisotopic (exact) mass is 626 g/mol. The van der Waals surface area contributed by atoms with Gasteiger partial charge in [-0.2, -0.15) is 0 Å². The predicted octanol–water partition coefficient (Wildman–Crippen LogP) is 9.19. The summed E-state index contributed by atoms with van der Waals surface area (Å²) in [6, 6.07) is 23.0. The van der Waals surface area contributed by atoms with E-state index in [-0.39, 0.29) is 23.6 Å². The number of carbonyl (C=O) groups excluding carboxylic acids is 4. The van der Waals surface area contributed by atoms with E-state index in [1.165, 1.54) is 9.80 Å². The Balaban J connectivity index is 1.30. The largest absolute Gasteiger partial charge is 0.268 e. The fourth-order valence-electron chi connectivity index (χ4n) is 8.72. The van der Waals surface area contributed by atoms with E-state index in [0.29, 0.717) is 44.4 Å². The number of anilines is 2. The topological polar surface area (TPSA) is 74.8 Å². The van der Waals surface area contributed by atoms with Crippen LogP contribution in [0.2, 0.25) is 0 Å². The molecule has 48 heavy (non-hydrogen) atoms. The number of benzene rings is 7. The summed E-state index contributed by atoms with van der Waals surface area (Å²) in [6.07, 6.45) is 0. The molecular formula is C42H30N2O4. The fourth-order valence-corrected chi connectivity index (χ4v) is 8.72. The van der Waals surface area contributed by atoms with Crippen LogP contribution in [0, 0.1) is 41.5 Å². The molecule has 0 aliphatic carbocycles. The van der Waals surface area contributed by atoms with Crippen molar-refractivity contribution < 1.29 is 19.2 Å². The first-order valence-corrected chi connectivity index (χ1v) is 16.1. The summed E-state index contributed by atoms with van der Waals surface area (Å²) in [5, 5.41) is 6.41. The molecule has 0 spiro atoms.